The van der Waals surface area contributed by atoms with E-state index >= 15 is 0 Å². The van der Waals surface area contributed by atoms with Crippen LogP contribution in [0.25, 0.3) is 0 Å². The Morgan fingerprint density at radius 1 is 1.33 bits per heavy atom. The van der Waals surface area contributed by atoms with E-state index in [2.05, 4.69) is 52.9 Å². The number of amides is 1. The van der Waals surface area contributed by atoms with Crippen LogP contribution < -0.4 is 0 Å². The zero-order valence-electron chi connectivity index (χ0n) is 9.70. The molecule has 1 amide bonds. The second-order valence-electron chi connectivity index (χ2n) is 3.95. The molecule has 0 aromatic carbocycles. The van der Waals surface area contributed by atoms with Crippen LogP contribution in [0.3, 0.4) is 0 Å². The molecule has 5 nitrogen and oxygen atoms in total. The van der Waals surface area contributed by atoms with Crippen LogP contribution >= 0.6 is 47.8 Å². The molecule has 1 aromatic heterocycles. The van der Waals surface area contributed by atoms with E-state index in [0.29, 0.717) is 30.9 Å². The van der Waals surface area contributed by atoms with Crippen molar-refractivity contribution in [2.45, 2.75) is 13.0 Å². The minimum absolute atomic E-state index is 0.0569. The van der Waals surface area contributed by atoms with Crippen LogP contribution in [0.2, 0.25) is 0 Å². The predicted molar refractivity (Wildman–Crippen MR) is 77.4 cm³/mol. The largest absolute Gasteiger partial charge is 0.378 e. The van der Waals surface area contributed by atoms with E-state index in [9.17, 15) is 4.79 Å². The van der Waals surface area contributed by atoms with Crippen molar-refractivity contribution in [1.82, 2.24) is 14.7 Å². The maximum absolute atomic E-state index is 12.3. The summed E-state index contributed by atoms with van der Waals surface area (Å²) in [4.78, 5) is 14.1. The highest BCUT2D eigenvalue weighted by atomic mass is 79.9. The van der Waals surface area contributed by atoms with Crippen molar-refractivity contribution in [1.29, 1.82) is 0 Å². The topological polar surface area (TPSA) is 47.4 Å². The predicted octanol–water partition coefficient (Wildman–Crippen LogP) is 2.59. The van der Waals surface area contributed by atoms with Gasteiger partial charge in [-0.25, -0.2) is 4.68 Å². The van der Waals surface area contributed by atoms with Gasteiger partial charge in [-0.1, -0.05) is 0 Å². The van der Waals surface area contributed by atoms with E-state index in [0.717, 1.165) is 9.08 Å². The summed E-state index contributed by atoms with van der Waals surface area (Å²) in [6, 6.07) is -0.347. The van der Waals surface area contributed by atoms with Gasteiger partial charge in [0.15, 0.2) is 0 Å². The molecule has 2 rings (SSSR count). The number of hydrogen-bond donors (Lipinski definition) is 0. The first kappa shape index (κ1) is 14.5. The molecule has 0 aliphatic carbocycles. The lowest BCUT2D eigenvalue weighted by molar-refractivity contribution is -0.138. The van der Waals surface area contributed by atoms with E-state index in [1.54, 1.807) is 4.68 Å². The average Bonchev–Trinajstić information content (AvgIpc) is 2.66. The molecule has 1 unspecified atom stereocenters. The third-order valence-corrected chi connectivity index (χ3v) is 5.94. The maximum Gasteiger partial charge on any atom is 0.247 e. The van der Waals surface area contributed by atoms with Gasteiger partial charge < -0.3 is 9.64 Å². The molecule has 0 spiro atoms. The molecule has 1 aromatic rings. The SMILES string of the molecule is CC(C(=O)N1CCOCC1)n1nc(Br)c(Br)c1Br. The highest BCUT2D eigenvalue weighted by molar-refractivity contribution is 9.14. The Labute approximate surface area is 130 Å². The Balaban J connectivity index is 2.17. The fraction of sp³-hybridized carbons (Fsp3) is 0.600. The van der Waals surface area contributed by atoms with Crippen molar-refractivity contribution in [3.05, 3.63) is 13.7 Å². The molecule has 8 heteroatoms. The zero-order valence-corrected chi connectivity index (χ0v) is 14.5. The monoisotopic (exact) mass is 443 g/mol. The van der Waals surface area contributed by atoms with Crippen LogP contribution in [0.1, 0.15) is 13.0 Å². The lowest BCUT2D eigenvalue weighted by atomic mass is 10.2. The molecule has 0 bridgehead atoms. The molecule has 0 radical (unpaired) electrons. The number of halogens is 3. The summed E-state index contributed by atoms with van der Waals surface area (Å²) in [6.07, 6.45) is 0. The lowest BCUT2D eigenvalue weighted by Gasteiger charge is -2.29. The summed E-state index contributed by atoms with van der Waals surface area (Å²) in [5.74, 6) is 0.0569. The van der Waals surface area contributed by atoms with Crippen molar-refractivity contribution in [3.8, 4) is 0 Å². The van der Waals surface area contributed by atoms with Gasteiger partial charge in [-0.05, 0) is 54.7 Å². The summed E-state index contributed by atoms with van der Waals surface area (Å²) in [7, 11) is 0. The molecule has 100 valence electrons. The number of carbonyl (C=O) groups excluding carboxylic acids is 1. The summed E-state index contributed by atoms with van der Waals surface area (Å²) < 4.78 is 9.14. The Kier molecular flexibility index (Phi) is 4.85. The molecule has 1 aliphatic rings. The smallest absolute Gasteiger partial charge is 0.247 e. The van der Waals surface area contributed by atoms with Crippen LogP contribution in [-0.2, 0) is 9.53 Å². The third-order valence-electron chi connectivity index (χ3n) is 2.81. The van der Waals surface area contributed by atoms with Crippen molar-refractivity contribution >= 4 is 53.7 Å². The number of ether oxygens (including phenoxy) is 1. The maximum atomic E-state index is 12.3. The van der Waals surface area contributed by atoms with E-state index in [1.807, 2.05) is 11.8 Å². The third kappa shape index (κ3) is 2.81. The molecular weight excluding hydrogens is 434 g/mol. The minimum atomic E-state index is -0.347. The van der Waals surface area contributed by atoms with Crippen LogP contribution in [0.4, 0.5) is 0 Å². The van der Waals surface area contributed by atoms with Crippen LogP contribution in [-0.4, -0.2) is 46.9 Å². The molecule has 1 atom stereocenters. The number of morpholine rings is 1. The quantitative estimate of drug-likeness (QED) is 0.703. The van der Waals surface area contributed by atoms with Crippen molar-refractivity contribution in [2.24, 2.45) is 0 Å². The second kappa shape index (κ2) is 6.02. The number of rotatable bonds is 2. The van der Waals surface area contributed by atoms with Gasteiger partial charge in [0.1, 0.15) is 15.2 Å². The number of nitrogens with zero attached hydrogens (tertiary/aromatic N) is 3. The van der Waals surface area contributed by atoms with Gasteiger partial charge >= 0.3 is 0 Å². The van der Waals surface area contributed by atoms with Gasteiger partial charge in [0.2, 0.25) is 5.91 Å². The second-order valence-corrected chi connectivity index (χ2v) is 6.25. The summed E-state index contributed by atoms with van der Waals surface area (Å²) in [5, 5.41) is 4.29. The van der Waals surface area contributed by atoms with Crippen LogP contribution in [0.15, 0.2) is 13.7 Å². The Hall–Kier alpha value is 0.0800. The van der Waals surface area contributed by atoms with Crippen LogP contribution in [0, 0.1) is 0 Å². The van der Waals surface area contributed by atoms with Gasteiger partial charge in [-0.15, -0.1) is 0 Å². The van der Waals surface area contributed by atoms with Crippen LogP contribution in [0.5, 0.6) is 0 Å². The first-order valence-corrected chi connectivity index (χ1v) is 7.85. The fourth-order valence-electron chi connectivity index (χ4n) is 1.78. The normalized spacial score (nSPS) is 17.9. The molecule has 1 saturated heterocycles. The number of aromatic nitrogens is 2. The van der Waals surface area contributed by atoms with Crippen molar-refractivity contribution in [2.75, 3.05) is 26.3 Å². The molecule has 18 heavy (non-hydrogen) atoms. The number of carbonyl (C=O) groups is 1. The zero-order chi connectivity index (χ0) is 13.3. The van der Waals surface area contributed by atoms with Gasteiger partial charge in [0.05, 0.1) is 17.7 Å². The van der Waals surface area contributed by atoms with E-state index in [-0.39, 0.29) is 11.9 Å². The van der Waals surface area contributed by atoms with Crippen molar-refractivity contribution in [3.63, 3.8) is 0 Å². The standard InChI is InChI=1S/C10H12Br3N3O2/c1-6(10(17)15-2-4-18-5-3-15)16-9(13)7(11)8(12)14-16/h6H,2-5H2,1H3. The lowest BCUT2D eigenvalue weighted by Crippen LogP contribution is -2.43. The van der Waals surface area contributed by atoms with Gasteiger partial charge in [-0.2, -0.15) is 5.10 Å². The Morgan fingerprint density at radius 3 is 2.44 bits per heavy atom. The first-order chi connectivity index (χ1) is 8.52. The highest BCUT2D eigenvalue weighted by Gasteiger charge is 2.26. The van der Waals surface area contributed by atoms with Crippen molar-refractivity contribution < 1.29 is 9.53 Å². The Bertz CT molecular complexity index is 457. The molecule has 1 aliphatic heterocycles. The van der Waals surface area contributed by atoms with E-state index in [4.69, 9.17) is 4.74 Å². The first-order valence-electron chi connectivity index (χ1n) is 5.48. The molecule has 2 heterocycles. The fourth-order valence-corrected chi connectivity index (χ4v) is 3.24. The van der Waals surface area contributed by atoms with E-state index in [1.165, 1.54) is 0 Å². The number of hydrogen-bond acceptors (Lipinski definition) is 3. The van der Waals surface area contributed by atoms with Gasteiger partial charge in [0, 0.05) is 13.1 Å². The van der Waals surface area contributed by atoms with E-state index < -0.39 is 0 Å². The van der Waals surface area contributed by atoms with Gasteiger partial charge in [0.25, 0.3) is 0 Å². The molecule has 1 fully saturated rings. The summed E-state index contributed by atoms with van der Waals surface area (Å²) >= 11 is 10.1. The molecule has 0 N–H and O–H groups in total. The highest BCUT2D eigenvalue weighted by Crippen LogP contribution is 2.32. The summed E-state index contributed by atoms with van der Waals surface area (Å²) in [6.45, 7) is 4.33. The minimum Gasteiger partial charge on any atom is -0.378 e. The summed E-state index contributed by atoms with van der Waals surface area (Å²) in [5.41, 5.74) is 0. The molecule has 0 saturated carbocycles. The Morgan fingerprint density at radius 2 is 1.94 bits per heavy atom. The van der Waals surface area contributed by atoms with Gasteiger partial charge in [-0.3, -0.25) is 4.79 Å². The molecular formula is C10H12Br3N3O2. The average molecular weight is 446 g/mol.